The van der Waals surface area contributed by atoms with Crippen LogP contribution in [0.2, 0.25) is 5.02 Å². The second-order valence-corrected chi connectivity index (χ2v) is 4.06. The first-order valence-corrected chi connectivity index (χ1v) is 5.85. The Bertz CT molecular complexity index is 395. The maximum absolute atomic E-state index is 7.37. The van der Waals surface area contributed by atoms with Crippen LogP contribution in [-0.2, 0) is 4.74 Å². The number of ether oxygens (including phenoxy) is 1. The molecular weight excluding hydrogens is 238 g/mol. The number of amidine groups is 1. The zero-order valence-electron chi connectivity index (χ0n) is 10.2. The van der Waals surface area contributed by atoms with Crippen molar-refractivity contribution >= 4 is 23.1 Å². The van der Waals surface area contributed by atoms with Gasteiger partial charge in [0.25, 0.3) is 0 Å². The Labute approximate surface area is 107 Å². The van der Waals surface area contributed by atoms with Gasteiger partial charge in [-0.3, -0.25) is 5.41 Å². The minimum Gasteiger partial charge on any atom is -0.384 e. The molecule has 0 saturated carbocycles. The number of anilines is 1. The molecule has 0 amide bonds. The average Bonchev–Trinajstić information content (AvgIpc) is 2.29. The summed E-state index contributed by atoms with van der Waals surface area (Å²) in [5.41, 5.74) is 7.00. The fourth-order valence-corrected chi connectivity index (χ4v) is 1.87. The summed E-state index contributed by atoms with van der Waals surface area (Å²) in [5, 5.41) is 7.87. The van der Waals surface area contributed by atoms with Gasteiger partial charge in [-0.15, -0.1) is 0 Å². The molecule has 0 aliphatic heterocycles. The Hall–Kier alpha value is -1.26. The molecular formula is C12H18ClN3O. The van der Waals surface area contributed by atoms with Gasteiger partial charge in [0, 0.05) is 31.5 Å². The van der Waals surface area contributed by atoms with Crippen molar-refractivity contribution in [3.05, 3.63) is 28.8 Å². The largest absolute Gasteiger partial charge is 0.384 e. The predicted molar refractivity (Wildman–Crippen MR) is 72.2 cm³/mol. The lowest BCUT2D eigenvalue weighted by Gasteiger charge is -2.23. The van der Waals surface area contributed by atoms with Crippen LogP contribution in [0.4, 0.5) is 5.69 Å². The normalized spacial score (nSPS) is 10.3. The summed E-state index contributed by atoms with van der Waals surface area (Å²) in [6.07, 6.45) is 0. The smallest absolute Gasteiger partial charge is 0.124 e. The summed E-state index contributed by atoms with van der Waals surface area (Å²) >= 11 is 6.08. The average molecular weight is 256 g/mol. The van der Waals surface area contributed by atoms with Crippen LogP contribution in [0.1, 0.15) is 12.5 Å². The van der Waals surface area contributed by atoms with Gasteiger partial charge >= 0.3 is 0 Å². The van der Waals surface area contributed by atoms with E-state index in [0.717, 1.165) is 18.8 Å². The van der Waals surface area contributed by atoms with Gasteiger partial charge in [-0.25, -0.2) is 0 Å². The van der Waals surface area contributed by atoms with Crippen LogP contribution >= 0.6 is 11.6 Å². The van der Waals surface area contributed by atoms with Crippen molar-refractivity contribution in [1.82, 2.24) is 0 Å². The van der Waals surface area contributed by atoms with E-state index >= 15 is 0 Å². The molecule has 0 aliphatic carbocycles. The Kier molecular flexibility index (Phi) is 5.25. The lowest BCUT2D eigenvalue weighted by Crippen LogP contribution is -2.26. The quantitative estimate of drug-likeness (QED) is 0.604. The van der Waals surface area contributed by atoms with Gasteiger partial charge in [-0.05, 0) is 25.1 Å². The van der Waals surface area contributed by atoms with Crippen LogP contribution in [0.15, 0.2) is 18.2 Å². The lowest BCUT2D eigenvalue weighted by atomic mass is 10.1. The van der Waals surface area contributed by atoms with E-state index in [2.05, 4.69) is 11.8 Å². The van der Waals surface area contributed by atoms with E-state index in [-0.39, 0.29) is 5.84 Å². The van der Waals surface area contributed by atoms with Crippen molar-refractivity contribution in [3.63, 3.8) is 0 Å². The van der Waals surface area contributed by atoms with E-state index in [1.807, 2.05) is 12.1 Å². The van der Waals surface area contributed by atoms with E-state index < -0.39 is 0 Å². The molecule has 0 unspecified atom stereocenters. The number of hydrogen-bond acceptors (Lipinski definition) is 3. The topological polar surface area (TPSA) is 62.3 Å². The first-order valence-electron chi connectivity index (χ1n) is 5.48. The molecule has 0 fully saturated rings. The second-order valence-electron chi connectivity index (χ2n) is 3.65. The van der Waals surface area contributed by atoms with E-state index in [4.69, 9.17) is 27.5 Å². The van der Waals surface area contributed by atoms with Gasteiger partial charge < -0.3 is 15.4 Å². The molecule has 0 saturated heterocycles. The summed E-state index contributed by atoms with van der Waals surface area (Å²) in [6.45, 7) is 4.42. The van der Waals surface area contributed by atoms with Gasteiger partial charge in [0.1, 0.15) is 5.84 Å². The van der Waals surface area contributed by atoms with E-state index in [1.54, 1.807) is 13.2 Å². The maximum atomic E-state index is 7.37. The van der Waals surface area contributed by atoms with Crippen LogP contribution in [0.5, 0.6) is 0 Å². The summed E-state index contributed by atoms with van der Waals surface area (Å²) in [6, 6.07) is 5.52. The molecule has 17 heavy (non-hydrogen) atoms. The Balaban J connectivity index is 2.90. The van der Waals surface area contributed by atoms with Gasteiger partial charge in [0.05, 0.1) is 11.6 Å². The molecule has 0 bridgehead atoms. The van der Waals surface area contributed by atoms with Gasteiger partial charge in [-0.2, -0.15) is 0 Å². The van der Waals surface area contributed by atoms with Crippen molar-refractivity contribution in [1.29, 1.82) is 5.41 Å². The number of nitrogens with zero attached hydrogens (tertiary/aromatic N) is 1. The number of likely N-dealkylation sites (N-methyl/N-ethyl adjacent to an activating group) is 1. The van der Waals surface area contributed by atoms with Crippen LogP contribution < -0.4 is 10.6 Å². The Morgan fingerprint density at radius 2 is 2.24 bits per heavy atom. The highest BCUT2D eigenvalue weighted by Gasteiger charge is 2.08. The molecule has 0 spiro atoms. The van der Waals surface area contributed by atoms with E-state index in [9.17, 15) is 0 Å². The maximum Gasteiger partial charge on any atom is 0.124 e. The van der Waals surface area contributed by atoms with Crippen molar-refractivity contribution in [2.45, 2.75) is 6.92 Å². The highest BCUT2D eigenvalue weighted by molar-refractivity contribution is 6.34. The number of methoxy groups -OCH3 is 1. The molecule has 0 aliphatic rings. The number of hydrogen-bond donors (Lipinski definition) is 2. The molecule has 0 aromatic heterocycles. The van der Waals surface area contributed by atoms with Gasteiger partial charge in [0.2, 0.25) is 0 Å². The summed E-state index contributed by atoms with van der Waals surface area (Å²) in [5.74, 6) is -0.0125. The third-order valence-corrected chi connectivity index (χ3v) is 2.87. The lowest BCUT2D eigenvalue weighted by molar-refractivity contribution is 0.205. The van der Waals surface area contributed by atoms with Gasteiger partial charge in [-0.1, -0.05) is 11.6 Å². The molecule has 0 atom stereocenters. The zero-order valence-corrected chi connectivity index (χ0v) is 10.9. The van der Waals surface area contributed by atoms with Crippen molar-refractivity contribution in [2.24, 2.45) is 5.73 Å². The number of rotatable bonds is 6. The van der Waals surface area contributed by atoms with E-state index in [1.165, 1.54) is 0 Å². The summed E-state index contributed by atoms with van der Waals surface area (Å²) in [7, 11) is 1.68. The Morgan fingerprint density at radius 1 is 1.53 bits per heavy atom. The van der Waals surface area contributed by atoms with Crippen LogP contribution in [0.3, 0.4) is 0 Å². The predicted octanol–water partition coefficient (Wildman–Crippen LogP) is 2.10. The van der Waals surface area contributed by atoms with E-state index in [0.29, 0.717) is 17.2 Å². The van der Waals surface area contributed by atoms with Crippen LogP contribution in [0, 0.1) is 5.41 Å². The molecule has 1 aromatic rings. The molecule has 1 aromatic carbocycles. The monoisotopic (exact) mass is 255 g/mol. The summed E-state index contributed by atoms with van der Waals surface area (Å²) < 4.78 is 5.06. The Morgan fingerprint density at radius 3 is 2.71 bits per heavy atom. The SMILES string of the molecule is CCN(CCOC)c1ccc(C(=N)N)c(Cl)c1. The minimum absolute atomic E-state index is 0.0125. The molecule has 5 heteroatoms. The third-order valence-electron chi connectivity index (χ3n) is 2.56. The fraction of sp³-hybridized carbons (Fsp3) is 0.417. The second kappa shape index (κ2) is 6.47. The van der Waals surface area contributed by atoms with Crippen molar-refractivity contribution in [3.8, 4) is 0 Å². The first kappa shape index (κ1) is 13.8. The molecule has 94 valence electrons. The van der Waals surface area contributed by atoms with Crippen LogP contribution in [-0.4, -0.2) is 32.6 Å². The first-order chi connectivity index (χ1) is 8.10. The minimum atomic E-state index is -0.0125. The molecule has 4 nitrogen and oxygen atoms in total. The molecule has 0 radical (unpaired) electrons. The third kappa shape index (κ3) is 3.61. The number of nitrogens with two attached hydrogens (primary N) is 1. The standard InChI is InChI=1S/C12H18ClN3O/c1-3-16(6-7-17-2)9-4-5-10(12(14)15)11(13)8-9/h4-5,8H,3,6-7H2,1-2H3,(H3,14,15). The van der Waals surface area contributed by atoms with Crippen LogP contribution in [0.25, 0.3) is 0 Å². The fourth-order valence-electron chi connectivity index (χ4n) is 1.59. The van der Waals surface area contributed by atoms with Crippen molar-refractivity contribution in [2.75, 3.05) is 31.7 Å². The number of halogens is 1. The number of nitrogen functional groups attached to an aromatic ring is 1. The summed E-state index contributed by atoms with van der Waals surface area (Å²) in [4.78, 5) is 2.15. The zero-order chi connectivity index (χ0) is 12.8. The number of nitrogens with one attached hydrogen (secondary N) is 1. The molecule has 0 heterocycles. The van der Waals surface area contributed by atoms with Gasteiger partial charge in [0.15, 0.2) is 0 Å². The number of benzene rings is 1. The highest BCUT2D eigenvalue weighted by Crippen LogP contribution is 2.23. The highest BCUT2D eigenvalue weighted by atomic mass is 35.5. The molecule has 3 N–H and O–H groups in total. The molecule has 1 rings (SSSR count). The van der Waals surface area contributed by atoms with Crippen molar-refractivity contribution < 1.29 is 4.74 Å².